The second-order valence-corrected chi connectivity index (χ2v) is 4.03. The molecular weight excluding hydrogens is 228 g/mol. The molecule has 0 radical (unpaired) electrons. The van der Waals surface area contributed by atoms with E-state index in [9.17, 15) is 0 Å². The molecule has 3 rings (SSSR count). The monoisotopic (exact) mass is 242 g/mol. The molecule has 3 aromatic rings. The van der Waals surface area contributed by atoms with Crippen molar-refractivity contribution in [2.75, 3.05) is 7.11 Å². The summed E-state index contributed by atoms with van der Waals surface area (Å²) in [6.45, 7) is 0.444. The molecule has 1 aromatic carbocycles. The normalized spacial score (nSPS) is 11.0. The Bertz CT molecular complexity index is 652. The Morgan fingerprint density at radius 2 is 2.22 bits per heavy atom. The molecule has 0 spiro atoms. The van der Waals surface area contributed by atoms with Crippen LogP contribution in [0, 0.1) is 0 Å². The van der Waals surface area contributed by atoms with Gasteiger partial charge in [0.1, 0.15) is 5.75 Å². The lowest BCUT2D eigenvalue weighted by Gasteiger charge is -2.05. The molecule has 0 atom stereocenters. The number of nitrogens with zero attached hydrogens (tertiary/aromatic N) is 2. The Morgan fingerprint density at radius 3 is 2.94 bits per heavy atom. The highest BCUT2D eigenvalue weighted by atomic mass is 16.5. The van der Waals surface area contributed by atoms with Crippen LogP contribution in [0.3, 0.4) is 0 Å². The summed E-state index contributed by atoms with van der Waals surface area (Å²) >= 11 is 0. The Balaban J connectivity index is 2.11. The Hall–Kier alpha value is -2.27. The first-order chi connectivity index (χ1) is 8.81. The van der Waals surface area contributed by atoms with Crippen molar-refractivity contribution in [3.63, 3.8) is 0 Å². The van der Waals surface area contributed by atoms with E-state index in [1.807, 2.05) is 41.0 Å². The summed E-state index contributed by atoms with van der Waals surface area (Å²) in [7, 11) is 1.67. The van der Waals surface area contributed by atoms with E-state index in [0.29, 0.717) is 6.54 Å². The van der Waals surface area contributed by atoms with Crippen LogP contribution in [0.5, 0.6) is 5.75 Å². The summed E-state index contributed by atoms with van der Waals surface area (Å²) in [5.41, 5.74) is 9.27. The minimum absolute atomic E-state index is 0.444. The number of rotatable bonds is 3. The molecule has 0 aliphatic carbocycles. The quantitative estimate of drug-likeness (QED) is 0.735. The summed E-state index contributed by atoms with van der Waals surface area (Å²) in [4.78, 5) is 4.40. The summed E-state index contributed by atoms with van der Waals surface area (Å²) in [6.07, 6.45) is 1.90. The second-order valence-electron chi connectivity index (χ2n) is 4.03. The van der Waals surface area contributed by atoms with Gasteiger partial charge in [-0.05, 0) is 12.1 Å². The number of fused-ring (bicyclic) bond motifs is 1. The van der Waals surface area contributed by atoms with Crippen molar-refractivity contribution in [3.8, 4) is 17.0 Å². The van der Waals surface area contributed by atoms with Gasteiger partial charge in [-0.25, -0.2) is 9.50 Å². The summed E-state index contributed by atoms with van der Waals surface area (Å²) in [5, 5.41) is 3.26. The largest absolute Gasteiger partial charge is 0.496 e. The van der Waals surface area contributed by atoms with Gasteiger partial charge in [0.25, 0.3) is 0 Å². The number of H-pyrrole nitrogens is 1. The van der Waals surface area contributed by atoms with Crippen LogP contribution in [0.2, 0.25) is 0 Å². The molecule has 92 valence electrons. The molecule has 2 heterocycles. The van der Waals surface area contributed by atoms with Crippen LogP contribution in [-0.4, -0.2) is 21.7 Å². The standard InChI is InChI=1S/C13H14N4O/c1-18-12-5-3-2-4-10(12)11-6-13-15-9(7-14)8-17(13)16-11/h2-6,8,16H,7,14H2,1H3. The van der Waals surface area contributed by atoms with Crippen molar-refractivity contribution in [2.45, 2.75) is 6.54 Å². The number of aromatic amines is 1. The lowest BCUT2D eigenvalue weighted by Crippen LogP contribution is -1.95. The van der Waals surface area contributed by atoms with Crippen molar-refractivity contribution < 1.29 is 4.74 Å². The van der Waals surface area contributed by atoms with Crippen LogP contribution in [0.1, 0.15) is 5.69 Å². The minimum atomic E-state index is 0.444. The fourth-order valence-corrected chi connectivity index (χ4v) is 2.03. The Labute approximate surface area is 104 Å². The molecule has 0 amide bonds. The van der Waals surface area contributed by atoms with Crippen molar-refractivity contribution in [3.05, 3.63) is 42.2 Å². The van der Waals surface area contributed by atoms with Crippen LogP contribution in [0.4, 0.5) is 0 Å². The molecule has 0 saturated heterocycles. The lowest BCUT2D eigenvalue weighted by atomic mass is 10.1. The van der Waals surface area contributed by atoms with Crippen LogP contribution in [0.25, 0.3) is 16.9 Å². The van der Waals surface area contributed by atoms with Gasteiger partial charge in [0.2, 0.25) is 0 Å². The lowest BCUT2D eigenvalue weighted by molar-refractivity contribution is 0.416. The molecule has 0 bridgehead atoms. The molecule has 0 unspecified atom stereocenters. The third-order valence-electron chi connectivity index (χ3n) is 2.90. The number of nitrogens with one attached hydrogen (secondary N) is 1. The maximum atomic E-state index is 5.56. The van der Waals surface area contributed by atoms with Crippen LogP contribution < -0.4 is 10.5 Å². The van der Waals surface area contributed by atoms with Crippen molar-refractivity contribution in [1.82, 2.24) is 14.6 Å². The fourth-order valence-electron chi connectivity index (χ4n) is 2.03. The molecule has 18 heavy (non-hydrogen) atoms. The van der Waals surface area contributed by atoms with E-state index in [2.05, 4.69) is 10.1 Å². The molecule has 3 N–H and O–H groups in total. The van der Waals surface area contributed by atoms with Crippen molar-refractivity contribution in [1.29, 1.82) is 0 Å². The highest BCUT2D eigenvalue weighted by Gasteiger charge is 2.09. The zero-order chi connectivity index (χ0) is 12.5. The third-order valence-corrected chi connectivity index (χ3v) is 2.90. The minimum Gasteiger partial charge on any atom is -0.496 e. The Morgan fingerprint density at radius 1 is 1.39 bits per heavy atom. The molecule has 5 nitrogen and oxygen atoms in total. The summed E-state index contributed by atoms with van der Waals surface area (Å²) < 4.78 is 7.21. The first-order valence-electron chi connectivity index (χ1n) is 5.72. The molecule has 0 saturated carbocycles. The van der Waals surface area contributed by atoms with Crippen molar-refractivity contribution >= 4 is 5.65 Å². The van der Waals surface area contributed by atoms with E-state index in [4.69, 9.17) is 10.5 Å². The van der Waals surface area contributed by atoms with Gasteiger partial charge in [-0.15, -0.1) is 0 Å². The van der Waals surface area contributed by atoms with Gasteiger partial charge in [0.15, 0.2) is 5.65 Å². The molecular formula is C13H14N4O. The zero-order valence-electron chi connectivity index (χ0n) is 10.1. The first-order valence-corrected chi connectivity index (χ1v) is 5.72. The number of aromatic nitrogens is 3. The van der Waals surface area contributed by atoms with Crippen molar-refractivity contribution in [2.24, 2.45) is 5.73 Å². The van der Waals surface area contributed by atoms with Gasteiger partial charge < -0.3 is 10.5 Å². The smallest absolute Gasteiger partial charge is 0.153 e. The van der Waals surface area contributed by atoms with Crippen LogP contribution in [0.15, 0.2) is 36.5 Å². The molecule has 0 aliphatic rings. The molecule has 5 heteroatoms. The zero-order valence-corrected chi connectivity index (χ0v) is 10.1. The van der Waals surface area contributed by atoms with Crippen LogP contribution >= 0.6 is 0 Å². The van der Waals surface area contributed by atoms with E-state index in [1.165, 1.54) is 0 Å². The SMILES string of the molecule is COc1ccccc1-c1cc2nc(CN)cn2[nH]1. The number of hydrogen-bond donors (Lipinski definition) is 2. The predicted molar refractivity (Wildman–Crippen MR) is 69.4 cm³/mol. The number of imidazole rings is 1. The number of ether oxygens (including phenoxy) is 1. The van der Waals surface area contributed by atoms with Gasteiger partial charge in [-0.3, -0.25) is 5.10 Å². The maximum Gasteiger partial charge on any atom is 0.153 e. The third kappa shape index (κ3) is 1.65. The second kappa shape index (κ2) is 4.19. The summed E-state index contributed by atoms with van der Waals surface area (Å²) in [5.74, 6) is 0.834. The van der Waals surface area contributed by atoms with E-state index in [-0.39, 0.29) is 0 Å². The highest BCUT2D eigenvalue weighted by molar-refractivity contribution is 5.70. The number of nitrogens with two attached hydrogens (primary N) is 1. The first kappa shape index (κ1) is 10.9. The van der Waals surface area contributed by atoms with Gasteiger partial charge in [-0.1, -0.05) is 12.1 Å². The molecule has 0 aliphatic heterocycles. The Kier molecular flexibility index (Phi) is 2.53. The van der Waals surface area contributed by atoms with Gasteiger partial charge >= 0.3 is 0 Å². The average molecular weight is 242 g/mol. The van der Waals surface area contributed by atoms with E-state index in [1.54, 1.807) is 7.11 Å². The number of para-hydroxylation sites is 1. The number of methoxy groups -OCH3 is 1. The number of benzene rings is 1. The van der Waals surface area contributed by atoms with Gasteiger partial charge in [-0.2, -0.15) is 0 Å². The van der Waals surface area contributed by atoms with Gasteiger partial charge in [0, 0.05) is 18.2 Å². The summed E-state index contributed by atoms with van der Waals surface area (Å²) in [6, 6.07) is 9.85. The molecule has 0 fully saturated rings. The molecule has 2 aromatic heterocycles. The van der Waals surface area contributed by atoms with E-state index >= 15 is 0 Å². The van der Waals surface area contributed by atoms with E-state index < -0.39 is 0 Å². The van der Waals surface area contributed by atoms with Crippen LogP contribution in [-0.2, 0) is 6.54 Å². The number of hydrogen-bond acceptors (Lipinski definition) is 3. The van der Waals surface area contributed by atoms with Gasteiger partial charge in [0.05, 0.1) is 24.7 Å². The topological polar surface area (TPSA) is 68.3 Å². The average Bonchev–Trinajstić information content (AvgIpc) is 2.96. The predicted octanol–water partition coefficient (Wildman–Crippen LogP) is 1.80. The fraction of sp³-hybridized carbons (Fsp3) is 0.154. The van der Waals surface area contributed by atoms with E-state index in [0.717, 1.165) is 28.3 Å². The highest BCUT2D eigenvalue weighted by Crippen LogP contribution is 2.29. The maximum absolute atomic E-state index is 5.56.